The van der Waals surface area contributed by atoms with Crippen LogP contribution in [0.1, 0.15) is 5.56 Å². The fraction of sp³-hybridized carbons (Fsp3) is 0.455. The summed E-state index contributed by atoms with van der Waals surface area (Å²) < 4.78 is 15.6. The molecule has 1 rings (SSSR count). The standard InChI is InChI=1S/C11H17NO4/c1-14-9-5-11(16-3)10(15-2)4-8(9)6-12-7-13/h4-5,12-13H,6-7H2,1-3H3. The van der Waals surface area contributed by atoms with Crippen molar-refractivity contribution in [2.75, 3.05) is 28.1 Å². The van der Waals surface area contributed by atoms with Gasteiger partial charge in [0, 0.05) is 18.2 Å². The maximum Gasteiger partial charge on any atom is 0.164 e. The number of aliphatic hydroxyl groups excluding tert-OH is 1. The van der Waals surface area contributed by atoms with Crippen LogP contribution < -0.4 is 19.5 Å². The van der Waals surface area contributed by atoms with Gasteiger partial charge in [-0.2, -0.15) is 0 Å². The Hall–Kier alpha value is -1.46. The van der Waals surface area contributed by atoms with E-state index in [4.69, 9.17) is 19.3 Å². The van der Waals surface area contributed by atoms with Crippen LogP contribution in [0.5, 0.6) is 17.2 Å². The first-order valence-electron chi connectivity index (χ1n) is 4.87. The highest BCUT2D eigenvalue weighted by Gasteiger charge is 2.11. The molecule has 0 heterocycles. The normalized spacial score (nSPS) is 10.0. The summed E-state index contributed by atoms with van der Waals surface area (Å²) in [5.41, 5.74) is 0.897. The molecule has 90 valence electrons. The van der Waals surface area contributed by atoms with Crippen LogP contribution in [0.25, 0.3) is 0 Å². The Bertz CT molecular complexity index is 341. The van der Waals surface area contributed by atoms with Gasteiger partial charge in [-0.05, 0) is 6.07 Å². The average molecular weight is 227 g/mol. The molecule has 0 aliphatic rings. The molecule has 0 aromatic heterocycles. The molecule has 0 saturated heterocycles. The summed E-state index contributed by atoms with van der Waals surface area (Å²) in [7, 11) is 4.74. The molecule has 0 radical (unpaired) electrons. The molecular formula is C11H17NO4. The van der Waals surface area contributed by atoms with E-state index in [1.54, 1.807) is 27.4 Å². The van der Waals surface area contributed by atoms with Crippen LogP contribution in [-0.2, 0) is 6.54 Å². The average Bonchev–Trinajstić information content (AvgIpc) is 2.35. The third-order valence-electron chi connectivity index (χ3n) is 2.21. The van der Waals surface area contributed by atoms with Crippen LogP contribution >= 0.6 is 0 Å². The van der Waals surface area contributed by atoms with Crippen molar-refractivity contribution in [2.24, 2.45) is 0 Å². The van der Waals surface area contributed by atoms with Gasteiger partial charge in [0.1, 0.15) is 5.75 Å². The second kappa shape index (κ2) is 6.19. The Labute approximate surface area is 94.9 Å². The van der Waals surface area contributed by atoms with Crippen LogP contribution in [0.15, 0.2) is 12.1 Å². The van der Waals surface area contributed by atoms with Crippen molar-refractivity contribution in [2.45, 2.75) is 6.54 Å². The molecule has 0 unspecified atom stereocenters. The lowest BCUT2D eigenvalue weighted by Gasteiger charge is -2.14. The summed E-state index contributed by atoms with van der Waals surface area (Å²) >= 11 is 0. The van der Waals surface area contributed by atoms with Crippen LogP contribution in [0.4, 0.5) is 0 Å². The number of rotatable bonds is 6. The molecular weight excluding hydrogens is 210 g/mol. The van der Waals surface area contributed by atoms with E-state index in [1.807, 2.05) is 6.07 Å². The van der Waals surface area contributed by atoms with Crippen LogP contribution in [0.3, 0.4) is 0 Å². The van der Waals surface area contributed by atoms with Gasteiger partial charge in [-0.3, -0.25) is 5.32 Å². The zero-order chi connectivity index (χ0) is 12.0. The summed E-state index contributed by atoms with van der Waals surface area (Å²) in [4.78, 5) is 0. The van der Waals surface area contributed by atoms with E-state index in [9.17, 15) is 0 Å². The quantitative estimate of drug-likeness (QED) is 0.702. The molecule has 0 spiro atoms. The van der Waals surface area contributed by atoms with Crippen LogP contribution in [-0.4, -0.2) is 33.2 Å². The first-order chi connectivity index (χ1) is 7.76. The monoisotopic (exact) mass is 227 g/mol. The SMILES string of the molecule is COc1cc(OC)c(OC)cc1CNCO. The third-order valence-corrected chi connectivity index (χ3v) is 2.21. The van der Waals surface area contributed by atoms with Crippen molar-refractivity contribution in [1.29, 1.82) is 0 Å². The van der Waals surface area contributed by atoms with E-state index in [0.29, 0.717) is 23.8 Å². The van der Waals surface area contributed by atoms with Gasteiger partial charge in [-0.15, -0.1) is 0 Å². The Kier molecular flexibility index (Phi) is 4.88. The van der Waals surface area contributed by atoms with Crippen molar-refractivity contribution in [3.8, 4) is 17.2 Å². The topological polar surface area (TPSA) is 60.0 Å². The van der Waals surface area contributed by atoms with E-state index in [1.165, 1.54) is 0 Å². The highest BCUT2D eigenvalue weighted by molar-refractivity contribution is 5.50. The highest BCUT2D eigenvalue weighted by Crippen LogP contribution is 2.34. The summed E-state index contributed by atoms with van der Waals surface area (Å²) in [5, 5.41) is 11.5. The number of hydrogen-bond acceptors (Lipinski definition) is 5. The summed E-state index contributed by atoms with van der Waals surface area (Å²) in [5.74, 6) is 1.95. The lowest BCUT2D eigenvalue weighted by atomic mass is 10.1. The first-order valence-corrected chi connectivity index (χ1v) is 4.87. The maximum atomic E-state index is 8.71. The fourth-order valence-corrected chi connectivity index (χ4v) is 1.42. The van der Waals surface area contributed by atoms with Crippen molar-refractivity contribution in [3.05, 3.63) is 17.7 Å². The molecule has 0 bridgehead atoms. The van der Waals surface area contributed by atoms with Crippen molar-refractivity contribution >= 4 is 0 Å². The van der Waals surface area contributed by atoms with E-state index >= 15 is 0 Å². The summed E-state index contributed by atoms with van der Waals surface area (Å²) in [6.45, 7) is 0.414. The van der Waals surface area contributed by atoms with Crippen LogP contribution in [0, 0.1) is 0 Å². The van der Waals surface area contributed by atoms with E-state index in [2.05, 4.69) is 5.32 Å². The Morgan fingerprint density at radius 1 is 1.00 bits per heavy atom. The Morgan fingerprint density at radius 3 is 2.06 bits per heavy atom. The van der Waals surface area contributed by atoms with Gasteiger partial charge in [-0.1, -0.05) is 0 Å². The molecule has 0 aliphatic carbocycles. The van der Waals surface area contributed by atoms with Gasteiger partial charge in [0.2, 0.25) is 0 Å². The zero-order valence-corrected chi connectivity index (χ0v) is 9.74. The minimum atomic E-state index is -0.0858. The van der Waals surface area contributed by atoms with Gasteiger partial charge in [0.25, 0.3) is 0 Å². The smallest absolute Gasteiger partial charge is 0.164 e. The molecule has 0 amide bonds. The second-order valence-electron chi connectivity index (χ2n) is 3.10. The van der Waals surface area contributed by atoms with Crippen molar-refractivity contribution < 1.29 is 19.3 Å². The number of benzene rings is 1. The molecule has 16 heavy (non-hydrogen) atoms. The minimum Gasteiger partial charge on any atom is -0.496 e. The van der Waals surface area contributed by atoms with Gasteiger partial charge in [-0.25, -0.2) is 0 Å². The van der Waals surface area contributed by atoms with E-state index < -0.39 is 0 Å². The molecule has 0 aliphatic heterocycles. The Morgan fingerprint density at radius 2 is 1.56 bits per heavy atom. The third kappa shape index (κ3) is 2.77. The predicted octanol–water partition coefficient (Wildman–Crippen LogP) is 0.752. The highest BCUT2D eigenvalue weighted by atomic mass is 16.5. The number of aliphatic hydroxyl groups is 1. The number of hydrogen-bond donors (Lipinski definition) is 2. The Balaban J connectivity index is 3.05. The fourth-order valence-electron chi connectivity index (χ4n) is 1.42. The van der Waals surface area contributed by atoms with Crippen LogP contribution in [0.2, 0.25) is 0 Å². The first kappa shape index (κ1) is 12.6. The molecule has 1 aromatic rings. The largest absolute Gasteiger partial charge is 0.496 e. The van der Waals surface area contributed by atoms with Gasteiger partial charge < -0.3 is 19.3 Å². The summed E-state index contributed by atoms with van der Waals surface area (Å²) in [6.07, 6.45) is 0. The number of methoxy groups -OCH3 is 3. The van der Waals surface area contributed by atoms with Gasteiger partial charge in [0.15, 0.2) is 11.5 Å². The molecule has 0 atom stereocenters. The second-order valence-corrected chi connectivity index (χ2v) is 3.10. The molecule has 2 N–H and O–H groups in total. The predicted molar refractivity (Wildman–Crippen MR) is 60.0 cm³/mol. The zero-order valence-electron chi connectivity index (χ0n) is 9.74. The molecule has 1 aromatic carbocycles. The van der Waals surface area contributed by atoms with E-state index in [0.717, 1.165) is 5.56 Å². The lowest BCUT2D eigenvalue weighted by Crippen LogP contribution is -2.14. The molecule has 0 saturated carbocycles. The van der Waals surface area contributed by atoms with Crippen molar-refractivity contribution in [3.63, 3.8) is 0 Å². The number of ether oxygens (including phenoxy) is 3. The van der Waals surface area contributed by atoms with Crippen molar-refractivity contribution in [1.82, 2.24) is 5.32 Å². The van der Waals surface area contributed by atoms with Gasteiger partial charge >= 0.3 is 0 Å². The number of nitrogens with one attached hydrogen (secondary N) is 1. The molecule has 5 nitrogen and oxygen atoms in total. The van der Waals surface area contributed by atoms with Gasteiger partial charge in [0.05, 0.1) is 28.1 Å². The molecule has 0 fully saturated rings. The minimum absolute atomic E-state index is 0.0858. The lowest BCUT2D eigenvalue weighted by molar-refractivity contribution is 0.258. The van der Waals surface area contributed by atoms with E-state index in [-0.39, 0.29) is 6.73 Å². The maximum absolute atomic E-state index is 8.71. The summed E-state index contributed by atoms with van der Waals surface area (Å²) in [6, 6.07) is 3.58. The molecule has 5 heteroatoms.